The fourth-order valence-electron chi connectivity index (χ4n) is 1.27. The maximum atomic E-state index is 9.11. The highest BCUT2D eigenvalue weighted by Crippen LogP contribution is 2.16. The summed E-state index contributed by atoms with van der Waals surface area (Å²) in [5.74, 6) is 0.242. The molecule has 2 aromatic rings. The second-order valence-corrected chi connectivity index (χ2v) is 3.44. The van der Waals surface area contributed by atoms with Crippen LogP contribution in [0.1, 0.15) is 5.56 Å². The van der Waals surface area contributed by atoms with Gasteiger partial charge in [-0.15, -0.1) is 0 Å². The summed E-state index contributed by atoms with van der Waals surface area (Å²) in [6, 6.07) is 14.2. The number of phenols is 1. The predicted octanol–water partition coefficient (Wildman–Crippen LogP) is 2.73. The van der Waals surface area contributed by atoms with Gasteiger partial charge in [0, 0.05) is 11.9 Å². The number of hydrogen-bond acceptors (Lipinski definition) is 3. The van der Waals surface area contributed by atoms with E-state index in [2.05, 4.69) is 4.99 Å². The van der Waals surface area contributed by atoms with Crippen LogP contribution in [-0.4, -0.2) is 11.3 Å². The van der Waals surface area contributed by atoms with Crippen molar-refractivity contribution in [3.8, 4) is 5.75 Å². The van der Waals surface area contributed by atoms with Gasteiger partial charge in [-0.2, -0.15) is 0 Å². The highest BCUT2D eigenvalue weighted by Gasteiger charge is 1.90. The van der Waals surface area contributed by atoms with Crippen molar-refractivity contribution in [3.63, 3.8) is 0 Å². The summed E-state index contributed by atoms with van der Waals surface area (Å²) in [5.41, 5.74) is 8.10. The molecule has 0 aliphatic heterocycles. The van der Waals surface area contributed by atoms with Crippen molar-refractivity contribution in [2.75, 3.05) is 5.73 Å². The number of nitrogens with zero attached hydrogens (tertiary/aromatic N) is 1. The third-order valence-electron chi connectivity index (χ3n) is 2.15. The first kappa shape index (κ1) is 10.2. The van der Waals surface area contributed by atoms with Crippen LogP contribution in [0.3, 0.4) is 0 Å². The zero-order valence-electron chi connectivity index (χ0n) is 8.67. The fourth-order valence-corrected chi connectivity index (χ4v) is 1.27. The third kappa shape index (κ3) is 2.60. The Morgan fingerprint density at radius 1 is 0.938 bits per heavy atom. The topological polar surface area (TPSA) is 58.6 Å². The molecule has 0 saturated heterocycles. The molecule has 80 valence electrons. The number of aliphatic imine (C=N–C) groups is 1. The van der Waals surface area contributed by atoms with Crippen molar-refractivity contribution >= 4 is 17.6 Å². The van der Waals surface area contributed by atoms with E-state index in [0.717, 1.165) is 16.9 Å². The van der Waals surface area contributed by atoms with Crippen molar-refractivity contribution < 1.29 is 5.11 Å². The van der Waals surface area contributed by atoms with E-state index < -0.39 is 0 Å². The van der Waals surface area contributed by atoms with Crippen LogP contribution in [-0.2, 0) is 0 Å². The Morgan fingerprint density at radius 3 is 2.19 bits per heavy atom. The van der Waals surface area contributed by atoms with Gasteiger partial charge in [0.05, 0.1) is 5.69 Å². The van der Waals surface area contributed by atoms with Crippen LogP contribution < -0.4 is 5.73 Å². The van der Waals surface area contributed by atoms with E-state index in [1.54, 1.807) is 30.5 Å². The van der Waals surface area contributed by atoms with Gasteiger partial charge in [0.1, 0.15) is 5.75 Å². The Balaban J connectivity index is 2.15. The molecule has 0 spiro atoms. The molecule has 0 heterocycles. The van der Waals surface area contributed by atoms with Gasteiger partial charge < -0.3 is 10.8 Å². The number of hydrogen-bond donors (Lipinski definition) is 2. The minimum Gasteiger partial charge on any atom is -0.508 e. The number of benzene rings is 2. The lowest BCUT2D eigenvalue weighted by molar-refractivity contribution is 0.475. The van der Waals surface area contributed by atoms with Gasteiger partial charge in [0.25, 0.3) is 0 Å². The summed E-state index contributed by atoms with van der Waals surface area (Å²) in [4.78, 5) is 4.27. The molecule has 0 unspecified atom stereocenters. The van der Waals surface area contributed by atoms with E-state index in [1.165, 1.54) is 0 Å². The van der Waals surface area contributed by atoms with Crippen LogP contribution in [0, 0.1) is 0 Å². The molecule has 2 aromatic carbocycles. The molecule has 0 radical (unpaired) electrons. The summed E-state index contributed by atoms with van der Waals surface area (Å²) in [6.45, 7) is 0. The van der Waals surface area contributed by atoms with E-state index in [9.17, 15) is 0 Å². The average Bonchev–Trinajstić information content (AvgIpc) is 2.30. The molecule has 0 saturated carbocycles. The van der Waals surface area contributed by atoms with E-state index >= 15 is 0 Å². The second kappa shape index (κ2) is 4.49. The molecule has 3 N–H and O–H groups in total. The molecule has 0 bridgehead atoms. The van der Waals surface area contributed by atoms with Crippen molar-refractivity contribution in [2.24, 2.45) is 4.99 Å². The molecular weight excluding hydrogens is 200 g/mol. The summed E-state index contributed by atoms with van der Waals surface area (Å²) >= 11 is 0. The van der Waals surface area contributed by atoms with Crippen LogP contribution in [0.2, 0.25) is 0 Å². The van der Waals surface area contributed by atoms with Crippen molar-refractivity contribution in [3.05, 3.63) is 54.1 Å². The van der Waals surface area contributed by atoms with Gasteiger partial charge in [0.2, 0.25) is 0 Å². The standard InChI is InChI=1S/C13H12N2O/c14-11-3-1-10(2-4-11)9-15-12-5-7-13(16)8-6-12/h1-9,16H,14H2. The Hall–Kier alpha value is -2.29. The smallest absolute Gasteiger partial charge is 0.115 e. The quantitative estimate of drug-likeness (QED) is 0.594. The number of nitrogens with two attached hydrogens (primary N) is 1. The maximum absolute atomic E-state index is 9.11. The minimum absolute atomic E-state index is 0.242. The third-order valence-corrected chi connectivity index (χ3v) is 2.15. The maximum Gasteiger partial charge on any atom is 0.115 e. The van der Waals surface area contributed by atoms with Gasteiger partial charge >= 0.3 is 0 Å². The molecule has 0 aliphatic rings. The first-order valence-electron chi connectivity index (χ1n) is 4.93. The normalized spacial score (nSPS) is 10.8. The second-order valence-electron chi connectivity index (χ2n) is 3.44. The SMILES string of the molecule is Nc1ccc(C=Nc2ccc(O)cc2)cc1. The highest BCUT2D eigenvalue weighted by molar-refractivity contribution is 5.82. The van der Waals surface area contributed by atoms with Crippen molar-refractivity contribution in [1.82, 2.24) is 0 Å². The lowest BCUT2D eigenvalue weighted by Crippen LogP contribution is -1.85. The zero-order chi connectivity index (χ0) is 11.4. The van der Waals surface area contributed by atoms with Crippen molar-refractivity contribution in [2.45, 2.75) is 0 Å². The van der Waals surface area contributed by atoms with Gasteiger partial charge in [0.15, 0.2) is 0 Å². The molecule has 3 heteroatoms. The van der Waals surface area contributed by atoms with Gasteiger partial charge in [-0.1, -0.05) is 12.1 Å². The molecule has 0 aromatic heterocycles. The summed E-state index contributed by atoms with van der Waals surface area (Å²) in [6.07, 6.45) is 1.76. The first-order chi connectivity index (χ1) is 7.74. The molecule has 16 heavy (non-hydrogen) atoms. The molecule has 0 aliphatic carbocycles. The zero-order valence-corrected chi connectivity index (χ0v) is 8.67. The number of nitrogen functional groups attached to an aromatic ring is 1. The highest BCUT2D eigenvalue weighted by atomic mass is 16.3. The Bertz CT molecular complexity index is 439. The largest absolute Gasteiger partial charge is 0.508 e. The summed E-state index contributed by atoms with van der Waals surface area (Å²) < 4.78 is 0. The average molecular weight is 212 g/mol. The molecule has 3 nitrogen and oxygen atoms in total. The van der Waals surface area contributed by atoms with Crippen LogP contribution in [0.4, 0.5) is 11.4 Å². The summed E-state index contributed by atoms with van der Waals surface area (Å²) in [7, 11) is 0. The van der Waals surface area contributed by atoms with Crippen LogP contribution in [0.25, 0.3) is 0 Å². The van der Waals surface area contributed by atoms with Gasteiger partial charge in [-0.05, 0) is 42.0 Å². The Morgan fingerprint density at radius 2 is 1.56 bits per heavy atom. The van der Waals surface area contributed by atoms with E-state index in [4.69, 9.17) is 10.8 Å². The molecule has 0 atom stereocenters. The molecule has 0 fully saturated rings. The lowest BCUT2D eigenvalue weighted by Gasteiger charge is -1.96. The first-order valence-corrected chi connectivity index (χ1v) is 4.93. The van der Waals surface area contributed by atoms with E-state index in [0.29, 0.717) is 0 Å². The van der Waals surface area contributed by atoms with Crippen LogP contribution in [0.15, 0.2) is 53.5 Å². The molecule has 2 rings (SSSR count). The van der Waals surface area contributed by atoms with E-state index in [1.807, 2.05) is 24.3 Å². The number of aromatic hydroxyl groups is 1. The number of phenolic OH excluding ortho intramolecular Hbond substituents is 1. The molecular formula is C13H12N2O. The number of rotatable bonds is 2. The monoisotopic (exact) mass is 212 g/mol. The van der Waals surface area contributed by atoms with Crippen molar-refractivity contribution in [1.29, 1.82) is 0 Å². The van der Waals surface area contributed by atoms with Gasteiger partial charge in [-0.3, -0.25) is 4.99 Å². The van der Waals surface area contributed by atoms with Crippen LogP contribution in [0.5, 0.6) is 5.75 Å². The van der Waals surface area contributed by atoms with Crippen LogP contribution >= 0.6 is 0 Å². The van der Waals surface area contributed by atoms with Gasteiger partial charge in [-0.25, -0.2) is 0 Å². The minimum atomic E-state index is 0.242. The number of anilines is 1. The predicted molar refractivity (Wildman–Crippen MR) is 66.2 cm³/mol. The fraction of sp³-hybridized carbons (Fsp3) is 0. The lowest BCUT2D eigenvalue weighted by atomic mass is 10.2. The Kier molecular flexibility index (Phi) is 2.87. The summed E-state index contributed by atoms with van der Waals surface area (Å²) in [5, 5.41) is 9.11. The van der Waals surface area contributed by atoms with E-state index in [-0.39, 0.29) is 5.75 Å². The Labute approximate surface area is 93.9 Å². The molecule has 0 amide bonds.